The number of aliphatic hydroxyl groups excluding tert-OH is 5. The van der Waals surface area contributed by atoms with Crippen LogP contribution in [0.4, 0.5) is 22.0 Å². The van der Waals surface area contributed by atoms with Crippen molar-refractivity contribution in [3.05, 3.63) is 0 Å². The molecule has 9 N–H and O–H groups in total. The average molecular weight is 984 g/mol. The maximum atomic E-state index is 13.8. The lowest BCUT2D eigenvalue weighted by Gasteiger charge is -2.47. The first-order valence-corrected chi connectivity index (χ1v) is 22.8. The van der Waals surface area contributed by atoms with Gasteiger partial charge >= 0.3 is 13.6 Å². The maximum Gasteiger partial charge on any atom is 0.325 e. The lowest BCUT2D eigenvalue weighted by atomic mass is 9.89. The van der Waals surface area contributed by atoms with Crippen LogP contribution in [0.3, 0.4) is 0 Å². The molecular weight excluding hydrogens is 920 g/mol. The van der Waals surface area contributed by atoms with Crippen LogP contribution < -0.4 is 11.0 Å². The van der Waals surface area contributed by atoms with Crippen molar-refractivity contribution in [1.29, 1.82) is 0 Å². The van der Waals surface area contributed by atoms with Crippen molar-refractivity contribution in [3.63, 3.8) is 0 Å². The number of hydrogen-bond donors (Lipinski definition) is 9. The maximum absolute atomic E-state index is 13.8. The smallest absolute Gasteiger partial charge is 0.325 e. The third kappa shape index (κ3) is 17.5. The Bertz CT molecular complexity index is 1400. The summed E-state index contributed by atoms with van der Waals surface area (Å²) in [5.74, 6) is -1.15. The van der Waals surface area contributed by atoms with Crippen molar-refractivity contribution in [2.24, 2.45) is 0 Å². The first-order chi connectivity index (χ1) is 30.9. The molecule has 65 heavy (non-hydrogen) atoms. The van der Waals surface area contributed by atoms with E-state index in [0.29, 0.717) is 59.3 Å². The molecule has 0 spiro atoms. The highest BCUT2D eigenvalue weighted by atomic mass is 31.2. The molecule has 1 saturated carbocycles. The van der Waals surface area contributed by atoms with Crippen molar-refractivity contribution in [3.8, 4) is 0 Å². The van der Waals surface area contributed by atoms with Crippen LogP contribution in [0.5, 0.6) is 0 Å². The van der Waals surface area contributed by atoms with Crippen LogP contribution in [-0.2, 0) is 61.5 Å². The lowest BCUT2D eigenvalue weighted by molar-refractivity contribution is -0.363. The Morgan fingerprint density at radius 1 is 0.646 bits per heavy atom. The van der Waals surface area contributed by atoms with Crippen molar-refractivity contribution in [1.82, 2.24) is 16.0 Å². The van der Waals surface area contributed by atoms with E-state index in [1.165, 1.54) is 7.11 Å². The minimum Gasteiger partial charge on any atom is -0.456 e. The van der Waals surface area contributed by atoms with Gasteiger partial charge in [-0.3, -0.25) is 9.36 Å². The van der Waals surface area contributed by atoms with Gasteiger partial charge in [0.2, 0.25) is 0 Å². The average Bonchev–Trinajstić information content (AvgIpc) is 3.75. The summed E-state index contributed by atoms with van der Waals surface area (Å²) in [7, 11) is -3.23. The summed E-state index contributed by atoms with van der Waals surface area (Å²) in [5.41, 5.74) is 5.92. The molecule has 0 amide bonds. The van der Waals surface area contributed by atoms with E-state index in [2.05, 4.69) is 15.7 Å². The number of halogens is 5. The van der Waals surface area contributed by atoms with Gasteiger partial charge in [-0.2, -0.15) is 5.53 Å². The third-order valence-electron chi connectivity index (χ3n) is 10.6. The number of methoxy groups -OCH3 is 1. The molecule has 0 bridgehead atoms. The summed E-state index contributed by atoms with van der Waals surface area (Å²) in [4.78, 5) is 30.2. The van der Waals surface area contributed by atoms with Crippen molar-refractivity contribution in [2.75, 3.05) is 106 Å². The molecule has 23 nitrogen and oxygen atoms in total. The van der Waals surface area contributed by atoms with Crippen LogP contribution in [0.25, 0.3) is 0 Å². The Balaban J connectivity index is 0.952. The number of aliphatic hydroxyl groups is 5. The molecule has 3 aliphatic heterocycles. The summed E-state index contributed by atoms with van der Waals surface area (Å²) in [6.45, 7) is 3.36. The van der Waals surface area contributed by atoms with Crippen molar-refractivity contribution >= 4 is 13.6 Å². The second-order valence-corrected chi connectivity index (χ2v) is 17.2. The minimum absolute atomic E-state index is 0.0661. The van der Waals surface area contributed by atoms with E-state index >= 15 is 0 Å². The standard InChI is InChI=1S/C36H63F5N3O20P/c1-54-36-34(64-35-31(50)28(47)27(46)20(61-35)3-17-65(51,52)53)30(49)29(48)32(63-36)19-18-44(43-42-19)4-6-56-8-10-58-12-14-60-16-15-59-13-11-57-9-7-55-5-2-21(45)62-33-25(40)23(38)22(37)24(39)26(33)41/h19-20,22-36,42-43,46-50H,2-18H2,1H3,(H2,51,52,53)/t19-,20-,22?,23?,24?,25?,26?,27-,28+,29+,30+,31+,32?,33?,34+,35-,36+/m1/s1. The SMILES string of the molecule is CO[C@H]1OC([C@H]2CN(CCOCCOCCOCCOCCOCCOCCC(=O)OC3C(F)C(F)C(F)C(F)C3F)NN2)[C@@H](O)[C@H](O)[C@@H]1O[C@H]1O[C@H](CCP(=O)(O)O)[C@@H](O)[C@H](O)[C@@H]1O. The number of alkyl halides is 5. The summed E-state index contributed by atoms with van der Waals surface area (Å²) in [5, 5.41) is 54.9. The minimum atomic E-state index is -4.48. The normalized spacial score (nSPS) is 37.2. The fourth-order valence-electron chi connectivity index (χ4n) is 7.02. The quantitative estimate of drug-likeness (QED) is 0.0153. The lowest BCUT2D eigenvalue weighted by Crippen LogP contribution is -2.66. The molecule has 3 heterocycles. The monoisotopic (exact) mass is 983 g/mol. The van der Waals surface area contributed by atoms with Gasteiger partial charge in [-0.1, -0.05) is 0 Å². The number of esters is 1. The number of ether oxygens (including phenoxy) is 11. The predicted octanol–water partition coefficient (Wildman–Crippen LogP) is -3.36. The van der Waals surface area contributed by atoms with Gasteiger partial charge in [0.25, 0.3) is 0 Å². The molecule has 4 rings (SSSR count). The zero-order chi connectivity index (χ0) is 47.7. The van der Waals surface area contributed by atoms with Crippen LogP contribution in [-0.4, -0.2) is 256 Å². The topological polar surface area (TPSA) is 305 Å². The summed E-state index contributed by atoms with van der Waals surface area (Å²) in [6, 6.07) is -0.560. The summed E-state index contributed by atoms with van der Waals surface area (Å²) < 4.78 is 138. The van der Waals surface area contributed by atoms with Crippen molar-refractivity contribution < 1.29 is 119 Å². The van der Waals surface area contributed by atoms with Crippen LogP contribution in [0.1, 0.15) is 12.8 Å². The molecule has 4 aliphatic rings. The van der Waals surface area contributed by atoms with Gasteiger partial charge in [0.15, 0.2) is 49.5 Å². The molecule has 0 radical (unpaired) electrons. The van der Waals surface area contributed by atoms with Gasteiger partial charge in [-0.25, -0.2) is 32.4 Å². The van der Waals surface area contributed by atoms with E-state index < -0.39 is 131 Å². The second kappa shape index (κ2) is 28.3. The number of rotatable bonds is 29. The fourth-order valence-corrected chi connectivity index (χ4v) is 7.61. The van der Waals surface area contributed by atoms with Gasteiger partial charge < -0.3 is 87.4 Å². The Morgan fingerprint density at radius 2 is 1.15 bits per heavy atom. The number of carbonyl (C=O) groups excluding carboxylic acids is 1. The van der Waals surface area contributed by atoms with Gasteiger partial charge in [-0.05, 0) is 6.42 Å². The molecule has 3 saturated heterocycles. The highest BCUT2D eigenvalue weighted by Gasteiger charge is 2.56. The molecule has 1 aliphatic carbocycles. The largest absolute Gasteiger partial charge is 0.456 e. The Morgan fingerprint density at radius 3 is 1.68 bits per heavy atom. The molecular formula is C36H63F5N3O20P. The number of hydrogen-bond acceptors (Lipinski definition) is 21. The molecule has 382 valence electrons. The number of hydrazine groups is 2. The summed E-state index contributed by atoms with van der Waals surface area (Å²) >= 11 is 0. The first-order valence-electron chi connectivity index (χ1n) is 21.0. The van der Waals surface area contributed by atoms with Crippen LogP contribution in [0, 0.1) is 0 Å². The van der Waals surface area contributed by atoms with Gasteiger partial charge in [0, 0.05) is 20.2 Å². The summed E-state index contributed by atoms with van der Waals surface area (Å²) in [6.07, 6.45) is -33.8. The van der Waals surface area contributed by atoms with Crippen molar-refractivity contribution in [2.45, 2.75) is 117 Å². The fraction of sp³-hybridized carbons (Fsp3) is 0.972. The zero-order valence-corrected chi connectivity index (χ0v) is 36.5. The van der Waals surface area contributed by atoms with E-state index in [9.17, 15) is 66.6 Å². The molecule has 0 aromatic heterocycles. The molecule has 5 unspecified atom stereocenters. The highest BCUT2D eigenvalue weighted by molar-refractivity contribution is 7.51. The molecule has 4 fully saturated rings. The van der Waals surface area contributed by atoms with E-state index in [0.717, 1.165) is 0 Å². The number of nitrogens with zero attached hydrogens (tertiary/aromatic N) is 1. The van der Waals surface area contributed by atoms with E-state index in [1.807, 2.05) is 0 Å². The van der Waals surface area contributed by atoms with E-state index in [-0.39, 0.29) is 39.5 Å². The van der Waals surface area contributed by atoms with E-state index in [4.69, 9.17) is 47.4 Å². The van der Waals surface area contributed by atoms with Crippen LogP contribution in [0.15, 0.2) is 0 Å². The van der Waals surface area contributed by atoms with E-state index in [1.54, 1.807) is 5.01 Å². The van der Waals surface area contributed by atoms with Gasteiger partial charge in [0.1, 0.15) is 42.7 Å². The van der Waals surface area contributed by atoms with Gasteiger partial charge in [0.05, 0.1) is 104 Å². The first kappa shape index (κ1) is 56.1. The van der Waals surface area contributed by atoms with Gasteiger partial charge in [-0.15, -0.1) is 0 Å². The zero-order valence-electron chi connectivity index (χ0n) is 35.6. The number of nitrogens with one attached hydrogen (secondary N) is 2. The third-order valence-corrected chi connectivity index (χ3v) is 11.5. The predicted molar refractivity (Wildman–Crippen MR) is 206 cm³/mol. The van der Waals surface area contributed by atoms with Crippen LogP contribution >= 0.6 is 7.60 Å². The molecule has 15 atom stereocenters. The number of carbonyl (C=O) groups is 1. The molecule has 29 heteroatoms. The van der Waals surface area contributed by atoms with Crippen LogP contribution in [0.2, 0.25) is 0 Å². The second-order valence-electron chi connectivity index (χ2n) is 15.4. The Labute approximate surface area is 371 Å². The Hall–Kier alpha value is -1.45. The molecule has 0 aromatic rings. The molecule has 0 aromatic carbocycles. The highest BCUT2D eigenvalue weighted by Crippen LogP contribution is 2.38. The Kier molecular flexibility index (Phi) is 24.4.